The van der Waals surface area contributed by atoms with Crippen molar-refractivity contribution >= 4 is 18.3 Å². The molecule has 4 N–H and O–H groups in total. The number of aliphatic hydroxyl groups excluding tert-OH is 1. The molecular weight excluding hydrogens is 352 g/mol. The number of hydrogen-bond donors (Lipinski definition) is 3. The fourth-order valence-electron chi connectivity index (χ4n) is 2.95. The zero-order valence-electron chi connectivity index (χ0n) is 13.8. The SMILES string of the molecule is COc1ccc(C(=O)N[C@H]2CO[C@H]3[C@@H]2OC[C@H]3O)cc1OCCN.Cl. The highest BCUT2D eigenvalue weighted by Crippen LogP contribution is 2.29. The number of carbonyl (C=O) groups is 1. The maximum absolute atomic E-state index is 12.5. The second kappa shape index (κ2) is 8.68. The highest BCUT2D eigenvalue weighted by atomic mass is 35.5. The standard InChI is InChI=1S/C16H22N2O6.ClH/c1-21-12-3-2-9(6-13(12)22-5-4-17)16(20)18-10-7-23-15-11(19)8-24-14(10)15;/h2-3,6,10-11,14-15,19H,4-5,7-8,17H2,1H3,(H,18,20);1H/t10-,11+,14+,15+;/m0./s1. The van der Waals surface area contributed by atoms with Crippen molar-refractivity contribution in [3.8, 4) is 11.5 Å². The van der Waals surface area contributed by atoms with Gasteiger partial charge in [-0.05, 0) is 18.2 Å². The number of nitrogens with two attached hydrogens (primary N) is 1. The number of methoxy groups -OCH3 is 1. The molecule has 3 rings (SSSR count). The molecule has 0 bridgehead atoms. The third-order valence-electron chi connectivity index (χ3n) is 4.14. The molecule has 25 heavy (non-hydrogen) atoms. The zero-order chi connectivity index (χ0) is 17.1. The Balaban J connectivity index is 0.00000225. The van der Waals surface area contributed by atoms with Crippen LogP contribution in [0.2, 0.25) is 0 Å². The van der Waals surface area contributed by atoms with Gasteiger partial charge in [0.05, 0.1) is 26.4 Å². The number of fused-ring (bicyclic) bond motifs is 1. The average molecular weight is 375 g/mol. The summed E-state index contributed by atoms with van der Waals surface area (Å²) in [5, 5.41) is 12.6. The molecule has 0 spiro atoms. The smallest absolute Gasteiger partial charge is 0.251 e. The summed E-state index contributed by atoms with van der Waals surface area (Å²) in [4.78, 5) is 12.5. The van der Waals surface area contributed by atoms with E-state index in [1.165, 1.54) is 7.11 Å². The number of amides is 1. The van der Waals surface area contributed by atoms with Gasteiger partial charge in [-0.2, -0.15) is 0 Å². The van der Waals surface area contributed by atoms with Crippen molar-refractivity contribution in [2.45, 2.75) is 24.4 Å². The van der Waals surface area contributed by atoms with E-state index in [2.05, 4.69) is 5.32 Å². The van der Waals surface area contributed by atoms with Gasteiger partial charge < -0.3 is 35.1 Å². The van der Waals surface area contributed by atoms with E-state index in [1.807, 2.05) is 0 Å². The highest BCUT2D eigenvalue weighted by molar-refractivity contribution is 5.95. The van der Waals surface area contributed by atoms with Crippen LogP contribution in [0.15, 0.2) is 18.2 Å². The van der Waals surface area contributed by atoms with E-state index < -0.39 is 6.10 Å². The van der Waals surface area contributed by atoms with Crippen molar-refractivity contribution < 1.29 is 28.8 Å². The molecule has 2 aliphatic rings. The summed E-state index contributed by atoms with van der Waals surface area (Å²) >= 11 is 0. The maximum atomic E-state index is 12.5. The molecule has 8 nitrogen and oxygen atoms in total. The number of rotatable bonds is 6. The fourth-order valence-corrected chi connectivity index (χ4v) is 2.95. The summed E-state index contributed by atoms with van der Waals surface area (Å²) < 4.78 is 21.7. The second-order valence-corrected chi connectivity index (χ2v) is 5.75. The van der Waals surface area contributed by atoms with Crippen LogP contribution < -0.4 is 20.5 Å². The van der Waals surface area contributed by atoms with Crippen LogP contribution in [0.25, 0.3) is 0 Å². The number of halogens is 1. The van der Waals surface area contributed by atoms with Crippen molar-refractivity contribution in [3.05, 3.63) is 23.8 Å². The lowest BCUT2D eigenvalue weighted by Gasteiger charge is -2.18. The van der Waals surface area contributed by atoms with Crippen molar-refractivity contribution in [3.63, 3.8) is 0 Å². The lowest BCUT2D eigenvalue weighted by molar-refractivity contribution is 0.0178. The van der Waals surface area contributed by atoms with E-state index in [1.54, 1.807) is 18.2 Å². The molecule has 1 aromatic rings. The van der Waals surface area contributed by atoms with Crippen molar-refractivity contribution in [1.82, 2.24) is 5.32 Å². The van der Waals surface area contributed by atoms with Gasteiger partial charge in [-0.1, -0.05) is 0 Å². The number of benzene rings is 1. The Bertz CT molecular complexity index is 602. The van der Waals surface area contributed by atoms with Gasteiger partial charge in [-0.3, -0.25) is 4.79 Å². The van der Waals surface area contributed by atoms with E-state index in [0.717, 1.165) is 0 Å². The van der Waals surface area contributed by atoms with E-state index in [4.69, 9.17) is 24.7 Å². The number of aliphatic hydroxyl groups is 1. The molecule has 0 unspecified atom stereocenters. The lowest BCUT2D eigenvalue weighted by atomic mass is 10.1. The Kier molecular flexibility index (Phi) is 6.86. The van der Waals surface area contributed by atoms with Gasteiger partial charge in [0.2, 0.25) is 0 Å². The quantitative estimate of drug-likeness (QED) is 0.627. The molecule has 0 aromatic heterocycles. The number of hydrogen-bond acceptors (Lipinski definition) is 7. The van der Waals surface area contributed by atoms with E-state index in [0.29, 0.717) is 36.8 Å². The summed E-state index contributed by atoms with van der Waals surface area (Å²) in [6, 6.07) is 4.64. The van der Waals surface area contributed by atoms with Crippen molar-refractivity contribution in [1.29, 1.82) is 0 Å². The van der Waals surface area contributed by atoms with Crippen molar-refractivity contribution in [2.24, 2.45) is 5.73 Å². The van der Waals surface area contributed by atoms with Crippen LogP contribution >= 0.6 is 12.4 Å². The molecular formula is C16H23ClN2O6. The molecule has 2 saturated heterocycles. The summed E-state index contributed by atoms with van der Waals surface area (Å²) in [6.45, 7) is 1.22. The zero-order valence-corrected chi connectivity index (χ0v) is 14.7. The summed E-state index contributed by atoms with van der Waals surface area (Å²) in [7, 11) is 1.53. The molecule has 9 heteroatoms. The predicted molar refractivity (Wildman–Crippen MR) is 91.5 cm³/mol. The Morgan fingerprint density at radius 1 is 1.32 bits per heavy atom. The normalized spacial score (nSPS) is 27.3. The molecule has 140 valence electrons. The Morgan fingerprint density at radius 2 is 2.08 bits per heavy atom. The fraction of sp³-hybridized carbons (Fsp3) is 0.562. The highest BCUT2D eigenvalue weighted by Gasteiger charge is 2.47. The molecule has 2 fully saturated rings. The van der Waals surface area contributed by atoms with Crippen LogP contribution in [-0.2, 0) is 9.47 Å². The topological polar surface area (TPSA) is 112 Å². The first-order valence-electron chi connectivity index (χ1n) is 7.87. The molecule has 0 saturated carbocycles. The third kappa shape index (κ3) is 4.16. The molecule has 0 aliphatic carbocycles. The summed E-state index contributed by atoms with van der Waals surface area (Å²) in [6.07, 6.45) is -1.35. The molecule has 2 aliphatic heterocycles. The molecule has 4 atom stereocenters. The van der Waals surface area contributed by atoms with Gasteiger partial charge in [-0.25, -0.2) is 0 Å². The number of nitrogens with one attached hydrogen (secondary N) is 1. The van der Waals surface area contributed by atoms with E-state index in [-0.39, 0.29) is 43.2 Å². The molecule has 0 radical (unpaired) electrons. The molecule has 1 aromatic carbocycles. The first-order chi connectivity index (χ1) is 11.6. The molecule has 1 amide bonds. The van der Waals surface area contributed by atoms with Gasteiger partial charge in [0.1, 0.15) is 24.9 Å². The van der Waals surface area contributed by atoms with Gasteiger partial charge in [0, 0.05) is 12.1 Å². The van der Waals surface area contributed by atoms with Crippen molar-refractivity contribution in [2.75, 3.05) is 33.5 Å². The lowest BCUT2D eigenvalue weighted by Crippen LogP contribution is -2.44. The van der Waals surface area contributed by atoms with Crippen LogP contribution in [0.5, 0.6) is 11.5 Å². The third-order valence-corrected chi connectivity index (χ3v) is 4.14. The average Bonchev–Trinajstić information content (AvgIpc) is 3.16. The van der Waals surface area contributed by atoms with Crippen LogP contribution in [0.4, 0.5) is 0 Å². The van der Waals surface area contributed by atoms with Gasteiger partial charge >= 0.3 is 0 Å². The minimum atomic E-state index is -0.644. The maximum Gasteiger partial charge on any atom is 0.251 e. The van der Waals surface area contributed by atoms with E-state index >= 15 is 0 Å². The largest absolute Gasteiger partial charge is 0.493 e. The summed E-state index contributed by atoms with van der Waals surface area (Å²) in [5.41, 5.74) is 5.88. The predicted octanol–water partition coefficient (Wildman–Crippen LogP) is -0.289. The Morgan fingerprint density at radius 3 is 2.80 bits per heavy atom. The number of carbonyl (C=O) groups excluding carboxylic acids is 1. The first kappa shape index (κ1) is 19.7. The minimum absolute atomic E-state index is 0. The van der Waals surface area contributed by atoms with Gasteiger partial charge in [0.25, 0.3) is 5.91 Å². The van der Waals surface area contributed by atoms with Gasteiger partial charge in [-0.15, -0.1) is 12.4 Å². The monoisotopic (exact) mass is 374 g/mol. The first-order valence-corrected chi connectivity index (χ1v) is 7.87. The van der Waals surface area contributed by atoms with Gasteiger partial charge in [0.15, 0.2) is 11.5 Å². The minimum Gasteiger partial charge on any atom is -0.493 e. The molecule has 2 heterocycles. The van der Waals surface area contributed by atoms with Crippen LogP contribution in [0.1, 0.15) is 10.4 Å². The Labute approximate surface area is 152 Å². The van der Waals surface area contributed by atoms with Crippen LogP contribution in [0.3, 0.4) is 0 Å². The summed E-state index contributed by atoms with van der Waals surface area (Å²) in [5.74, 6) is 0.727. The number of ether oxygens (including phenoxy) is 4. The van der Waals surface area contributed by atoms with E-state index in [9.17, 15) is 9.90 Å². The van der Waals surface area contributed by atoms with Crippen LogP contribution in [-0.4, -0.2) is 68.8 Å². The van der Waals surface area contributed by atoms with Crippen LogP contribution in [0, 0.1) is 0 Å². The second-order valence-electron chi connectivity index (χ2n) is 5.75. The Hall–Kier alpha value is -1.58.